The molecular weight excluding hydrogens is 408 g/mol. The van der Waals surface area contributed by atoms with E-state index in [1.807, 2.05) is 0 Å². The molecule has 176 valence electrons. The topological polar surface area (TPSA) is 35.9 Å². The smallest absolute Gasteiger partial charge is 0.0589 e. The summed E-state index contributed by atoms with van der Waals surface area (Å²) < 4.78 is 5.42. The molecule has 4 nitrogen and oxygen atoms in total. The maximum atomic E-state index is 8.89. The SMILES string of the molecule is COCCN(Cc1ccc(C#CCCO)cc1)CC1CCCN(C2Cc3ccccc3C2)C1. The molecule has 1 N–H and O–H groups in total. The first kappa shape index (κ1) is 24.0. The molecule has 2 aliphatic rings. The minimum Gasteiger partial charge on any atom is -0.395 e. The largest absolute Gasteiger partial charge is 0.395 e. The molecule has 1 saturated heterocycles. The molecular formula is C29H38N2O2. The van der Waals surface area contributed by atoms with Crippen molar-refractivity contribution in [1.29, 1.82) is 0 Å². The van der Waals surface area contributed by atoms with Gasteiger partial charge in [-0.15, -0.1) is 0 Å². The van der Waals surface area contributed by atoms with Gasteiger partial charge in [0, 0.05) is 51.3 Å². The number of hydrogen-bond donors (Lipinski definition) is 1. The number of benzene rings is 2. The molecule has 1 fully saturated rings. The molecule has 1 aliphatic carbocycles. The lowest BCUT2D eigenvalue weighted by Crippen LogP contribution is -2.46. The number of ether oxygens (including phenoxy) is 1. The summed E-state index contributed by atoms with van der Waals surface area (Å²) in [5.41, 5.74) is 5.43. The minimum absolute atomic E-state index is 0.117. The molecule has 4 heteroatoms. The molecule has 0 saturated carbocycles. The molecule has 0 spiro atoms. The highest BCUT2D eigenvalue weighted by molar-refractivity contribution is 5.36. The van der Waals surface area contributed by atoms with Gasteiger partial charge >= 0.3 is 0 Å². The van der Waals surface area contributed by atoms with Crippen molar-refractivity contribution in [3.63, 3.8) is 0 Å². The van der Waals surface area contributed by atoms with Crippen LogP contribution in [0.3, 0.4) is 0 Å². The van der Waals surface area contributed by atoms with E-state index in [4.69, 9.17) is 9.84 Å². The number of methoxy groups -OCH3 is 1. The van der Waals surface area contributed by atoms with Crippen molar-refractivity contribution in [3.8, 4) is 11.8 Å². The zero-order chi connectivity index (χ0) is 22.9. The fraction of sp³-hybridized carbons (Fsp3) is 0.517. The Labute approximate surface area is 199 Å². The summed E-state index contributed by atoms with van der Waals surface area (Å²) in [7, 11) is 1.79. The van der Waals surface area contributed by atoms with Crippen LogP contribution in [0.4, 0.5) is 0 Å². The van der Waals surface area contributed by atoms with E-state index in [1.165, 1.54) is 44.3 Å². The lowest BCUT2D eigenvalue weighted by Gasteiger charge is -2.38. The van der Waals surface area contributed by atoms with Gasteiger partial charge in [0.25, 0.3) is 0 Å². The molecule has 0 bridgehead atoms. The third-order valence-corrected chi connectivity index (χ3v) is 7.05. The van der Waals surface area contributed by atoms with Crippen LogP contribution in [0.2, 0.25) is 0 Å². The quantitative estimate of drug-likeness (QED) is 0.595. The molecule has 1 aliphatic heterocycles. The van der Waals surface area contributed by atoms with Crippen LogP contribution in [0.5, 0.6) is 0 Å². The summed E-state index contributed by atoms with van der Waals surface area (Å²) in [6.07, 6.45) is 5.57. The van der Waals surface area contributed by atoms with Crippen LogP contribution in [0.1, 0.15) is 41.5 Å². The summed E-state index contributed by atoms with van der Waals surface area (Å²) in [4.78, 5) is 5.33. The zero-order valence-corrected chi connectivity index (χ0v) is 20.0. The Morgan fingerprint density at radius 3 is 2.55 bits per heavy atom. The summed E-state index contributed by atoms with van der Waals surface area (Å²) in [6, 6.07) is 18.2. The lowest BCUT2D eigenvalue weighted by molar-refractivity contribution is 0.0844. The Morgan fingerprint density at radius 1 is 1.09 bits per heavy atom. The van der Waals surface area contributed by atoms with E-state index < -0.39 is 0 Å². The van der Waals surface area contributed by atoms with E-state index in [0.717, 1.165) is 31.8 Å². The Bertz CT molecular complexity index is 906. The number of aliphatic hydroxyl groups excluding tert-OH is 1. The second-order valence-electron chi connectivity index (χ2n) is 9.53. The second-order valence-corrected chi connectivity index (χ2v) is 9.53. The third-order valence-electron chi connectivity index (χ3n) is 7.05. The molecule has 1 atom stereocenters. The molecule has 2 aromatic carbocycles. The molecule has 1 heterocycles. The maximum Gasteiger partial charge on any atom is 0.0589 e. The van der Waals surface area contributed by atoms with Gasteiger partial charge in [-0.05, 0) is 67.0 Å². The highest BCUT2D eigenvalue weighted by Gasteiger charge is 2.30. The summed E-state index contributed by atoms with van der Waals surface area (Å²) in [5.74, 6) is 6.82. The first-order valence-electron chi connectivity index (χ1n) is 12.5. The van der Waals surface area contributed by atoms with Crippen LogP contribution < -0.4 is 0 Å². The zero-order valence-electron chi connectivity index (χ0n) is 20.0. The van der Waals surface area contributed by atoms with Crippen molar-refractivity contribution >= 4 is 0 Å². The van der Waals surface area contributed by atoms with E-state index in [2.05, 4.69) is 70.2 Å². The van der Waals surface area contributed by atoms with Gasteiger partial charge in [0.1, 0.15) is 0 Å². The van der Waals surface area contributed by atoms with E-state index >= 15 is 0 Å². The number of rotatable bonds is 9. The molecule has 33 heavy (non-hydrogen) atoms. The van der Waals surface area contributed by atoms with E-state index in [1.54, 1.807) is 18.2 Å². The van der Waals surface area contributed by atoms with Gasteiger partial charge in [0.15, 0.2) is 0 Å². The summed E-state index contributed by atoms with van der Waals surface area (Å²) >= 11 is 0. The summed E-state index contributed by atoms with van der Waals surface area (Å²) in [6.45, 7) is 6.36. The van der Waals surface area contributed by atoms with E-state index in [-0.39, 0.29) is 6.61 Å². The van der Waals surface area contributed by atoms with Gasteiger partial charge in [0.05, 0.1) is 13.2 Å². The van der Waals surface area contributed by atoms with Crippen LogP contribution in [0.25, 0.3) is 0 Å². The lowest BCUT2D eigenvalue weighted by atomic mass is 9.95. The Morgan fingerprint density at radius 2 is 1.85 bits per heavy atom. The number of likely N-dealkylation sites (tertiary alicyclic amines) is 1. The van der Waals surface area contributed by atoms with Crippen LogP contribution >= 0.6 is 0 Å². The number of aliphatic hydroxyl groups is 1. The van der Waals surface area contributed by atoms with Crippen molar-refractivity contribution in [2.45, 2.75) is 44.7 Å². The van der Waals surface area contributed by atoms with Gasteiger partial charge < -0.3 is 9.84 Å². The molecule has 0 aromatic heterocycles. The number of piperidine rings is 1. The Hall–Kier alpha value is -2.16. The molecule has 2 aromatic rings. The van der Waals surface area contributed by atoms with Crippen molar-refractivity contribution in [3.05, 3.63) is 70.8 Å². The van der Waals surface area contributed by atoms with Crippen LogP contribution in [0.15, 0.2) is 48.5 Å². The monoisotopic (exact) mass is 446 g/mol. The summed E-state index contributed by atoms with van der Waals surface area (Å²) in [5, 5.41) is 8.89. The molecule has 0 amide bonds. The highest BCUT2D eigenvalue weighted by atomic mass is 16.5. The standard InChI is InChI=1S/C29H38N2O2/c1-33-18-16-30(21-25-13-11-24(12-14-25)7-4-5-17-32)22-26-8-6-15-31(23-26)29-19-27-9-2-3-10-28(27)20-29/h2-3,9-14,26,29,32H,5-6,8,15-23H2,1H3. The number of fused-ring (bicyclic) bond motifs is 1. The maximum absolute atomic E-state index is 8.89. The number of hydrogen-bond acceptors (Lipinski definition) is 4. The first-order valence-corrected chi connectivity index (χ1v) is 12.5. The molecule has 0 radical (unpaired) electrons. The fourth-order valence-corrected chi connectivity index (χ4v) is 5.36. The van der Waals surface area contributed by atoms with Gasteiger partial charge in [-0.2, -0.15) is 0 Å². The van der Waals surface area contributed by atoms with Gasteiger partial charge in [0.2, 0.25) is 0 Å². The normalized spacial score (nSPS) is 18.8. The van der Waals surface area contributed by atoms with Crippen LogP contribution in [-0.2, 0) is 24.1 Å². The van der Waals surface area contributed by atoms with E-state index in [0.29, 0.717) is 18.4 Å². The van der Waals surface area contributed by atoms with Crippen molar-refractivity contribution in [2.75, 3.05) is 46.5 Å². The van der Waals surface area contributed by atoms with Crippen LogP contribution in [0, 0.1) is 17.8 Å². The minimum atomic E-state index is 0.117. The molecule has 1 unspecified atom stereocenters. The van der Waals surface area contributed by atoms with Crippen molar-refractivity contribution < 1.29 is 9.84 Å². The van der Waals surface area contributed by atoms with Gasteiger partial charge in [-0.3, -0.25) is 9.80 Å². The van der Waals surface area contributed by atoms with E-state index in [9.17, 15) is 0 Å². The van der Waals surface area contributed by atoms with Crippen LogP contribution in [-0.4, -0.2) is 67.5 Å². The predicted molar refractivity (Wildman–Crippen MR) is 134 cm³/mol. The molecule has 4 rings (SSSR count). The van der Waals surface area contributed by atoms with Crippen molar-refractivity contribution in [2.24, 2.45) is 5.92 Å². The highest BCUT2D eigenvalue weighted by Crippen LogP contribution is 2.29. The average molecular weight is 447 g/mol. The second kappa shape index (κ2) is 12.3. The predicted octanol–water partition coefficient (Wildman–Crippen LogP) is 3.75. The first-order chi connectivity index (χ1) is 16.2. The number of nitrogens with zero attached hydrogens (tertiary/aromatic N) is 2. The Kier molecular flexibility index (Phi) is 8.97. The third kappa shape index (κ3) is 6.91. The van der Waals surface area contributed by atoms with Crippen molar-refractivity contribution in [1.82, 2.24) is 9.80 Å². The Balaban J connectivity index is 1.33. The van der Waals surface area contributed by atoms with Gasteiger partial charge in [-0.1, -0.05) is 48.2 Å². The fourth-order valence-electron chi connectivity index (χ4n) is 5.36. The average Bonchev–Trinajstić information content (AvgIpc) is 3.28. The van der Waals surface area contributed by atoms with Gasteiger partial charge in [-0.25, -0.2) is 0 Å².